The summed E-state index contributed by atoms with van der Waals surface area (Å²) in [5, 5.41) is 20.0. The minimum atomic E-state index is 0.140. The number of guanidine groups is 1. The maximum absolute atomic E-state index is 8.77. The summed E-state index contributed by atoms with van der Waals surface area (Å²) in [6, 6.07) is 0. The molecule has 5 nitrogen and oxygen atoms in total. The van der Waals surface area contributed by atoms with Gasteiger partial charge in [-0.15, -0.1) is 0 Å². The molecule has 11 heavy (non-hydrogen) atoms. The first kappa shape index (κ1) is 8.13. The zero-order chi connectivity index (χ0) is 8.27. The van der Waals surface area contributed by atoms with Gasteiger partial charge in [0, 0.05) is 25.6 Å². The Labute approximate surface area is 65.1 Å². The van der Waals surface area contributed by atoms with Crippen molar-refractivity contribution < 1.29 is 10.3 Å². The molecule has 1 aliphatic rings. The zero-order valence-corrected chi connectivity index (χ0v) is 6.27. The van der Waals surface area contributed by atoms with Crippen molar-refractivity contribution in [2.75, 3.05) is 19.7 Å². The largest absolute Gasteiger partial charge is 0.408 e. The minimum Gasteiger partial charge on any atom is -0.408 e. The molecule has 0 aromatic heterocycles. The van der Waals surface area contributed by atoms with Crippen molar-refractivity contribution in [3.8, 4) is 0 Å². The Bertz CT molecular complexity index is 160. The van der Waals surface area contributed by atoms with Crippen LogP contribution in [0.3, 0.4) is 0 Å². The fourth-order valence-corrected chi connectivity index (χ4v) is 1.25. The second-order valence-corrected chi connectivity index (χ2v) is 2.74. The number of nitrogens with two attached hydrogens (primary N) is 1. The average molecular weight is 159 g/mol. The molecule has 1 unspecified atom stereocenters. The predicted octanol–water partition coefficient (Wildman–Crippen LogP) is -0.996. The van der Waals surface area contributed by atoms with Gasteiger partial charge >= 0.3 is 0 Å². The number of nitrogens with zero attached hydrogens (tertiary/aromatic N) is 2. The van der Waals surface area contributed by atoms with Gasteiger partial charge in [-0.05, 0) is 6.42 Å². The molecule has 5 heteroatoms. The van der Waals surface area contributed by atoms with Crippen LogP contribution in [0.25, 0.3) is 0 Å². The van der Waals surface area contributed by atoms with Crippen molar-refractivity contribution in [1.82, 2.24) is 4.90 Å². The summed E-state index contributed by atoms with van der Waals surface area (Å²) in [5.41, 5.74) is 5.34. The summed E-state index contributed by atoms with van der Waals surface area (Å²) < 4.78 is 0. The predicted molar refractivity (Wildman–Crippen MR) is 40.2 cm³/mol. The van der Waals surface area contributed by atoms with E-state index in [9.17, 15) is 0 Å². The van der Waals surface area contributed by atoms with Crippen molar-refractivity contribution in [2.24, 2.45) is 16.8 Å². The summed E-state index contributed by atoms with van der Waals surface area (Å²) >= 11 is 0. The molecule has 1 heterocycles. The van der Waals surface area contributed by atoms with Crippen LogP contribution in [-0.2, 0) is 0 Å². The number of aliphatic hydroxyl groups excluding tert-OH is 1. The number of hydrogen-bond acceptors (Lipinski definition) is 3. The molecule has 0 saturated carbocycles. The van der Waals surface area contributed by atoms with Gasteiger partial charge in [0.1, 0.15) is 0 Å². The molecule has 1 atom stereocenters. The molecule has 0 aromatic carbocycles. The molecule has 64 valence electrons. The minimum absolute atomic E-state index is 0.140. The molecule has 0 radical (unpaired) electrons. The van der Waals surface area contributed by atoms with E-state index < -0.39 is 0 Å². The number of rotatable bonds is 1. The van der Waals surface area contributed by atoms with Crippen molar-refractivity contribution >= 4 is 5.96 Å². The lowest BCUT2D eigenvalue weighted by atomic mass is 10.1. The van der Waals surface area contributed by atoms with Crippen LogP contribution >= 0.6 is 0 Å². The smallest absolute Gasteiger partial charge is 0.233 e. The molecule has 0 aromatic rings. The first-order valence-corrected chi connectivity index (χ1v) is 3.61. The van der Waals surface area contributed by atoms with Crippen LogP contribution in [0.15, 0.2) is 5.16 Å². The van der Waals surface area contributed by atoms with E-state index in [-0.39, 0.29) is 18.5 Å². The van der Waals surface area contributed by atoms with E-state index >= 15 is 0 Å². The number of oxime groups is 1. The highest BCUT2D eigenvalue weighted by Crippen LogP contribution is 2.14. The molecular formula is C6H13N3O2. The first-order chi connectivity index (χ1) is 5.27. The molecule has 1 rings (SSSR count). The molecule has 0 amide bonds. The lowest BCUT2D eigenvalue weighted by Crippen LogP contribution is -2.35. The van der Waals surface area contributed by atoms with Crippen molar-refractivity contribution in [2.45, 2.75) is 6.42 Å². The molecule has 1 aliphatic heterocycles. The third-order valence-electron chi connectivity index (χ3n) is 1.97. The Morgan fingerprint density at radius 3 is 2.91 bits per heavy atom. The van der Waals surface area contributed by atoms with Crippen LogP contribution in [0.4, 0.5) is 0 Å². The van der Waals surface area contributed by atoms with Gasteiger partial charge in [-0.25, -0.2) is 0 Å². The van der Waals surface area contributed by atoms with Crippen LogP contribution in [0.5, 0.6) is 0 Å². The van der Waals surface area contributed by atoms with E-state index in [1.807, 2.05) is 0 Å². The topological polar surface area (TPSA) is 82.1 Å². The van der Waals surface area contributed by atoms with E-state index in [0.717, 1.165) is 13.0 Å². The van der Waals surface area contributed by atoms with Gasteiger partial charge in [0.05, 0.1) is 0 Å². The highest BCUT2D eigenvalue weighted by molar-refractivity contribution is 5.77. The average Bonchev–Trinajstić information content (AvgIpc) is 2.50. The van der Waals surface area contributed by atoms with E-state index in [1.54, 1.807) is 4.90 Å². The summed E-state index contributed by atoms with van der Waals surface area (Å²) in [7, 11) is 0. The van der Waals surface area contributed by atoms with Crippen molar-refractivity contribution in [3.63, 3.8) is 0 Å². The fraction of sp³-hybridized carbons (Fsp3) is 0.833. The number of likely N-dealkylation sites (tertiary alicyclic amines) is 1. The van der Waals surface area contributed by atoms with Gasteiger partial charge < -0.3 is 20.9 Å². The fourth-order valence-electron chi connectivity index (χ4n) is 1.25. The van der Waals surface area contributed by atoms with Crippen LogP contribution in [-0.4, -0.2) is 40.9 Å². The lowest BCUT2D eigenvalue weighted by molar-refractivity contribution is 0.231. The maximum atomic E-state index is 8.77. The highest BCUT2D eigenvalue weighted by atomic mass is 16.4. The van der Waals surface area contributed by atoms with Gasteiger partial charge in [-0.2, -0.15) is 0 Å². The molecule has 0 spiro atoms. The molecule has 0 bridgehead atoms. The van der Waals surface area contributed by atoms with E-state index in [4.69, 9.17) is 16.0 Å². The monoisotopic (exact) mass is 159 g/mol. The van der Waals surface area contributed by atoms with Gasteiger partial charge in [0.25, 0.3) is 0 Å². The quantitative estimate of drug-likeness (QED) is 0.198. The molecule has 0 aliphatic carbocycles. The van der Waals surface area contributed by atoms with Crippen LogP contribution in [0.2, 0.25) is 0 Å². The van der Waals surface area contributed by atoms with E-state index in [0.29, 0.717) is 6.54 Å². The van der Waals surface area contributed by atoms with Crippen LogP contribution in [0.1, 0.15) is 6.42 Å². The normalized spacial score (nSPS) is 26.1. The lowest BCUT2D eigenvalue weighted by Gasteiger charge is -2.14. The Morgan fingerprint density at radius 2 is 2.45 bits per heavy atom. The summed E-state index contributed by atoms with van der Waals surface area (Å²) in [6.07, 6.45) is 0.909. The van der Waals surface area contributed by atoms with Crippen molar-refractivity contribution in [1.29, 1.82) is 0 Å². The molecule has 4 N–H and O–H groups in total. The highest BCUT2D eigenvalue weighted by Gasteiger charge is 2.22. The summed E-state index contributed by atoms with van der Waals surface area (Å²) in [4.78, 5) is 1.75. The van der Waals surface area contributed by atoms with E-state index in [1.165, 1.54) is 0 Å². The van der Waals surface area contributed by atoms with Crippen LogP contribution < -0.4 is 5.73 Å². The summed E-state index contributed by atoms with van der Waals surface area (Å²) in [6.45, 7) is 1.63. The molecule has 1 saturated heterocycles. The molecule has 1 fully saturated rings. The second kappa shape index (κ2) is 3.43. The maximum Gasteiger partial charge on any atom is 0.233 e. The van der Waals surface area contributed by atoms with E-state index in [2.05, 4.69) is 5.16 Å². The Kier molecular flexibility index (Phi) is 2.53. The second-order valence-electron chi connectivity index (χ2n) is 2.74. The Hall–Kier alpha value is -0.970. The molecular weight excluding hydrogens is 146 g/mol. The van der Waals surface area contributed by atoms with Gasteiger partial charge in [-0.1, -0.05) is 5.16 Å². The van der Waals surface area contributed by atoms with Gasteiger partial charge in [0.15, 0.2) is 0 Å². The standard InChI is InChI=1S/C6H13N3O2/c7-6(8-11)9-2-1-5(3-9)4-10/h5,10-11H,1-4H2,(H2,7,8). The third-order valence-corrected chi connectivity index (χ3v) is 1.97. The SMILES string of the molecule is NC(=NO)N1CCC(CO)C1. The Balaban J connectivity index is 2.41. The number of hydrogen-bond donors (Lipinski definition) is 3. The first-order valence-electron chi connectivity index (χ1n) is 3.61. The Morgan fingerprint density at radius 1 is 1.73 bits per heavy atom. The van der Waals surface area contributed by atoms with Crippen molar-refractivity contribution in [3.05, 3.63) is 0 Å². The third kappa shape index (κ3) is 1.74. The van der Waals surface area contributed by atoms with Crippen LogP contribution in [0, 0.1) is 5.92 Å². The summed E-state index contributed by atoms with van der Waals surface area (Å²) in [5.74, 6) is 0.413. The number of aliphatic hydroxyl groups is 1. The zero-order valence-electron chi connectivity index (χ0n) is 6.27. The van der Waals surface area contributed by atoms with Gasteiger partial charge in [0.2, 0.25) is 5.96 Å². The van der Waals surface area contributed by atoms with Gasteiger partial charge in [-0.3, -0.25) is 0 Å².